The highest BCUT2D eigenvalue weighted by Gasteiger charge is 2.34. The van der Waals surface area contributed by atoms with E-state index in [1.807, 2.05) is 11.0 Å². The first-order valence-electron chi connectivity index (χ1n) is 9.55. The van der Waals surface area contributed by atoms with E-state index in [9.17, 15) is 18.0 Å². The van der Waals surface area contributed by atoms with Gasteiger partial charge in [-0.05, 0) is 25.1 Å². The second kappa shape index (κ2) is 8.25. The Morgan fingerprint density at radius 2 is 1.74 bits per heavy atom. The maximum absolute atomic E-state index is 12.8. The molecule has 0 atom stereocenters. The van der Waals surface area contributed by atoms with E-state index < -0.39 is 18.0 Å². The molecule has 0 bridgehead atoms. The van der Waals surface area contributed by atoms with Crippen LogP contribution in [-0.2, 0) is 0 Å². The lowest BCUT2D eigenvalue weighted by atomic mass is 10.1. The molecule has 0 spiro atoms. The number of carbonyl (C=O) groups excluding carboxylic acids is 1. The lowest BCUT2D eigenvalue weighted by Crippen LogP contribution is -2.49. The van der Waals surface area contributed by atoms with Crippen LogP contribution in [0.5, 0.6) is 5.75 Å². The topological polar surface area (TPSA) is 76.4 Å². The number of piperazine rings is 1. The highest BCUT2D eigenvalue weighted by molar-refractivity contribution is 5.97. The number of benzene rings is 1. The van der Waals surface area contributed by atoms with Crippen LogP contribution in [0.15, 0.2) is 48.8 Å². The molecule has 1 amide bonds. The van der Waals surface area contributed by atoms with Crippen LogP contribution in [0.1, 0.15) is 16.2 Å². The molecule has 3 heterocycles. The van der Waals surface area contributed by atoms with E-state index >= 15 is 0 Å². The highest BCUT2D eigenvalue weighted by Crippen LogP contribution is 2.27. The molecule has 0 unspecified atom stereocenters. The van der Waals surface area contributed by atoms with Crippen LogP contribution in [-0.4, -0.2) is 63.1 Å². The number of aryl methyl sites for hydroxylation is 1. The van der Waals surface area contributed by atoms with Gasteiger partial charge in [-0.15, -0.1) is 13.2 Å². The zero-order chi connectivity index (χ0) is 22.0. The molecule has 11 heteroatoms. The van der Waals surface area contributed by atoms with Gasteiger partial charge < -0.3 is 14.5 Å². The van der Waals surface area contributed by atoms with Crippen LogP contribution in [0.4, 0.5) is 19.0 Å². The molecule has 1 aliphatic rings. The number of halogens is 3. The normalized spacial score (nSPS) is 14.6. The monoisotopic (exact) mass is 432 g/mol. The van der Waals surface area contributed by atoms with Gasteiger partial charge in [0.2, 0.25) is 0 Å². The summed E-state index contributed by atoms with van der Waals surface area (Å²) in [7, 11) is 0. The Balaban J connectivity index is 1.47. The third-order valence-electron chi connectivity index (χ3n) is 4.78. The molecular weight excluding hydrogens is 413 g/mol. The van der Waals surface area contributed by atoms with E-state index in [-0.39, 0.29) is 5.56 Å². The van der Waals surface area contributed by atoms with Crippen molar-refractivity contribution >= 4 is 11.7 Å². The van der Waals surface area contributed by atoms with Gasteiger partial charge in [0.25, 0.3) is 5.91 Å². The van der Waals surface area contributed by atoms with E-state index in [1.165, 1.54) is 23.1 Å². The number of anilines is 1. The third-order valence-corrected chi connectivity index (χ3v) is 4.78. The van der Waals surface area contributed by atoms with E-state index in [4.69, 9.17) is 0 Å². The molecule has 0 saturated carbocycles. The molecule has 31 heavy (non-hydrogen) atoms. The SMILES string of the molecule is Cc1nc(N2CCN(C(=O)c3ccccc3OC(F)(F)F)CC2)cc(-n2cccn2)n1. The Labute approximate surface area is 175 Å². The summed E-state index contributed by atoms with van der Waals surface area (Å²) in [4.78, 5) is 25.2. The van der Waals surface area contributed by atoms with Crippen LogP contribution in [0.2, 0.25) is 0 Å². The lowest BCUT2D eigenvalue weighted by molar-refractivity contribution is -0.274. The lowest BCUT2D eigenvalue weighted by Gasteiger charge is -2.35. The summed E-state index contributed by atoms with van der Waals surface area (Å²) in [6.07, 6.45) is -1.43. The first-order valence-corrected chi connectivity index (χ1v) is 9.55. The van der Waals surface area contributed by atoms with Crippen molar-refractivity contribution in [3.8, 4) is 11.6 Å². The molecule has 1 fully saturated rings. The fourth-order valence-corrected chi connectivity index (χ4v) is 3.39. The van der Waals surface area contributed by atoms with Gasteiger partial charge >= 0.3 is 6.36 Å². The molecule has 3 aromatic rings. The van der Waals surface area contributed by atoms with Gasteiger partial charge in [-0.2, -0.15) is 5.10 Å². The van der Waals surface area contributed by atoms with Crippen LogP contribution in [0, 0.1) is 6.92 Å². The molecule has 1 saturated heterocycles. The van der Waals surface area contributed by atoms with Gasteiger partial charge in [0.15, 0.2) is 5.82 Å². The molecule has 1 aromatic carbocycles. The number of amides is 1. The summed E-state index contributed by atoms with van der Waals surface area (Å²) >= 11 is 0. The number of nitrogens with zero attached hydrogens (tertiary/aromatic N) is 6. The van der Waals surface area contributed by atoms with Gasteiger partial charge in [-0.1, -0.05) is 12.1 Å². The number of carbonyl (C=O) groups is 1. The average molecular weight is 432 g/mol. The maximum Gasteiger partial charge on any atom is 0.573 e. The minimum absolute atomic E-state index is 0.118. The van der Waals surface area contributed by atoms with E-state index in [1.54, 1.807) is 30.1 Å². The molecule has 162 valence electrons. The number of ether oxygens (including phenoxy) is 1. The fourth-order valence-electron chi connectivity index (χ4n) is 3.39. The maximum atomic E-state index is 12.8. The van der Waals surface area contributed by atoms with Crippen molar-refractivity contribution in [3.63, 3.8) is 0 Å². The largest absolute Gasteiger partial charge is 0.573 e. The van der Waals surface area contributed by atoms with Crippen molar-refractivity contribution < 1.29 is 22.7 Å². The number of alkyl halides is 3. The quantitative estimate of drug-likeness (QED) is 0.631. The molecule has 0 aliphatic carbocycles. The molecule has 1 aliphatic heterocycles. The Kier molecular flexibility index (Phi) is 5.49. The second-order valence-electron chi connectivity index (χ2n) is 6.91. The van der Waals surface area contributed by atoms with Crippen LogP contribution in [0.3, 0.4) is 0 Å². The van der Waals surface area contributed by atoms with E-state index in [0.29, 0.717) is 43.6 Å². The Morgan fingerprint density at radius 1 is 1.03 bits per heavy atom. The average Bonchev–Trinajstić information content (AvgIpc) is 3.27. The van der Waals surface area contributed by atoms with Gasteiger partial charge in [0, 0.05) is 44.6 Å². The van der Waals surface area contributed by atoms with Gasteiger partial charge in [-0.3, -0.25) is 4.79 Å². The van der Waals surface area contributed by atoms with Crippen molar-refractivity contribution in [3.05, 3.63) is 60.2 Å². The zero-order valence-corrected chi connectivity index (χ0v) is 16.6. The second-order valence-corrected chi connectivity index (χ2v) is 6.91. The molecule has 0 N–H and O–H groups in total. The van der Waals surface area contributed by atoms with E-state index in [2.05, 4.69) is 19.8 Å². The van der Waals surface area contributed by atoms with Crippen molar-refractivity contribution in [2.75, 3.05) is 31.1 Å². The number of rotatable bonds is 4. The summed E-state index contributed by atoms with van der Waals surface area (Å²) < 4.78 is 43.6. The van der Waals surface area contributed by atoms with E-state index in [0.717, 1.165) is 6.07 Å². The smallest absolute Gasteiger partial charge is 0.405 e. The fraction of sp³-hybridized carbons (Fsp3) is 0.300. The third kappa shape index (κ3) is 4.76. The number of para-hydroxylation sites is 1. The van der Waals surface area contributed by atoms with Gasteiger partial charge in [0.05, 0.1) is 5.56 Å². The van der Waals surface area contributed by atoms with Crippen LogP contribution < -0.4 is 9.64 Å². The number of aromatic nitrogens is 4. The summed E-state index contributed by atoms with van der Waals surface area (Å²) in [5, 5.41) is 4.18. The summed E-state index contributed by atoms with van der Waals surface area (Å²) in [6, 6.07) is 8.97. The molecule has 0 radical (unpaired) electrons. The molecule has 2 aromatic heterocycles. The summed E-state index contributed by atoms with van der Waals surface area (Å²) in [5.41, 5.74) is -0.118. The summed E-state index contributed by atoms with van der Waals surface area (Å²) in [6.45, 7) is 3.40. The van der Waals surface area contributed by atoms with Crippen molar-refractivity contribution in [2.24, 2.45) is 0 Å². The number of hydrogen-bond acceptors (Lipinski definition) is 6. The predicted octanol–water partition coefficient (Wildman–Crippen LogP) is 2.83. The number of hydrogen-bond donors (Lipinski definition) is 0. The first-order chi connectivity index (χ1) is 14.8. The first kappa shape index (κ1) is 20.6. The summed E-state index contributed by atoms with van der Waals surface area (Å²) in [5.74, 6) is 0.906. The molecule has 4 rings (SSSR count). The van der Waals surface area contributed by atoms with Gasteiger partial charge in [-0.25, -0.2) is 14.6 Å². The Morgan fingerprint density at radius 3 is 2.42 bits per heavy atom. The molecular formula is C20H19F3N6O2. The predicted molar refractivity (Wildman–Crippen MR) is 105 cm³/mol. The Bertz CT molecular complexity index is 1060. The molecule has 8 nitrogen and oxygen atoms in total. The Hall–Kier alpha value is -3.63. The standard InChI is InChI=1S/C20H19F3N6O2/c1-14-25-17(13-18(26-14)29-8-4-7-24-29)27-9-11-28(12-10-27)19(30)15-5-2-3-6-16(15)31-20(21,22)23/h2-8,13H,9-12H2,1H3. The van der Waals surface area contributed by atoms with Crippen molar-refractivity contribution in [1.82, 2.24) is 24.6 Å². The minimum Gasteiger partial charge on any atom is -0.405 e. The minimum atomic E-state index is -4.87. The highest BCUT2D eigenvalue weighted by atomic mass is 19.4. The zero-order valence-electron chi connectivity index (χ0n) is 16.6. The van der Waals surface area contributed by atoms with Gasteiger partial charge in [0.1, 0.15) is 17.4 Å². The van der Waals surface area contributed by atoms with Crippen LogP contribution >= 0.6 is 0 Å². The van der Waals surface area contributed by atoms with Crippen LogP contribution in [0.25, 0.3) is 5.82 Å². The van der Waals surface area contributed by atoms with Crippen molar-refractivity contribution in [2.45, 2.75) is 13.3 Å². The van der Waals surface area contributed by atoms with Crippen molar-refractivity contribution in [1.29, 1.82) is 0 Å².